The minimum atomic E-state index is -2.04. The van der Waals surface area contributed by atoms with Crippen LogP contribution >= 0.6 is 0 Å². The van der Waals surface area contributed by atoms with Gasteiger partial charge in [-0.1, -0.05) is 45.9 Å². The smallest absolute Gasteiger partial charge is 0.312 e. The Morgan fingerprint density at radius 2 is 1.61 bits per heavy atom. The molecule has 5 bridgehead atoms. The lowest BCUT2D eigenvalue weighted by Crippen LogP contribution is -2.46. The molecule has 6 N–H and O–H groups in total. The van der Waals surface area contributed by atoms with Gasteiger partial charge in [0.2, 0.25) is 0 Å². The Kier molecular flexibility index (Phi) is 13.7. The highest BCUT2D eigenvalue weighted by Gasteiger charge is 2.50. The summed E-state index contributed by atoms with van der Waals surface area (Å²) in [5.41, 5.74) is -0.350. The van der Waals surface area contributed by atoms with Crippen molar-refractivity contribution in [2.45, 2.75) is 85.6 Å². The second-order valence-electron chi connectivity index (χ2n) is 16.1. The number of rotatable bonds is 4. The summed E-state index contributed by atoms with van der Waals surface area (Å²) in [5.74, 6) is -8.34. The Hall–Kier alpha value is -5.16. The highest BCUT2D eigenvalue weighted by molar-refractivity contribution is 6.23. The van der Waals surface area contributed by atoms with E-state index in [0.717, 1.165) is 13.1 Å². The fraction of sp³-hybridized carbons (Fsp3) is 0.535. The lowest BCUT2D eigenvalue weighted by atomic mass is 9.78. The SMILES string of the molecule is COC1/C=C\OC2(C)Oc3c(C)c(O)c4c(O)c(c(/C=N/N5CCN(C)CC5)c(O)c4c3C2=O)NC(=O)C(C)=C/C=C\C(C)C(O)C(C)C(O)C(C)C(OC(C)=O)C1C. The molecule has 4 aliphatic rings. The van der Waals surface area contributed by atoms with E-state index < -0.39 is 88.8 Å². The third kappa shape index (κ3) is 8.91. The highest BCUT2D eigenvalue weighted by Crippen LogP contribution is 2.55. The number of ether oxygens (including phenoxy) is 4. The maximum atomic E-state index is 14.4. The first-order valence-corrected chi connectivity index (χ1v) is 19.8. The molecule has 2 aromatic rings. The standard InChI is InChI=1S/C43H58N4O12/c1-21-12-11-13-22(2)42(55)45-33-28(20-44-47-17-15-46(9)16-18-47)37(52)30-31(38(33)53)36(51)26(6)40-32(30)41(54)43(8,59-40)57-19-14-29(56-10)23(3)39(58-27(7)48)25(5)35(50)24(4)34(21)49/h11-14,19-21,23-25,29,34-35,39,49-53H,15-18H2,1-10H3,(H,45,55)/b12-11-,19-14-,22-13?,44-20+. The number of aliphatic hydroxyl groups is 2. The van der Waals surface area contributed by atoms with Crippen molar-refractivity contribution in [3.05, 3.63) is 52.8 Å². The number of hydrogen-bond acceptors (Lipinski definition) is 15. The van der Waals surface area contributed by atoms with Crippen molar-refractivity contribution in [2.75, 3.05) is 45.7 Å². The maximum Gasteiger partial charge on any atom is 0.312 e. The van der Waals surface area contributed by atoms with Gasteiger partial charge in [0.1, 0.15) is 23.4 Å². The number of phenols is 3. The monoisotopic (exact) mass is 822 g/mol. The number of carbonyl (C=O) groups is 3. The Labute approximate surface area is 344 Å². The number of aliphatic hydroxyl groups excluding tert-OH is 2. The third-order valence-electron chi connectivity index (χ3n) is 11.9. The van der Waals surface area contributed by atoms with Crippen LogP contribution in [0.3, 0.4) is 0 Å². The van der Waals surface area contributed by atoms with E-state index in [9.17, 15) is 39.9 Å². The van der Waals surface area contributed by atoms with Gasteiger partial charge in [-0.3, -0.25) is 19.4 Å². The first-order chi connectivity index (χ1) is 27.7. The first kappa shape index (κ1) is 44.9. The van der Waals surface area contributed by atoms with Gasteiger partial charge in [-0.05, 0) is 27.0 Å². The molecule has 9 unspecified atom stereocenters. The summed E-state index contributed by atoms with van der Waals surface area (Å²) < 4.78 is 23.6. The molecule has 0 spiro atoms. The zero-order valence-corrected chi connectivity index (χ0v) is 35.3. The summed E-state index contributed by atoms with van der Waals surface area (Å²) in [4.78, 5) is 42.6. The molecule has 0 radical (unpaired) electrons. The normalized spacial score (nSPS) is 31.2. The Morgan fingerprint density at radius 3 is 2.24 bits per heavy atom. The van der Waals surface area contributed by atoms with Crippen molar-refractivity contribution in [3.63, 3.8) is 0 Å². The largest absolute Gasteiger partial charge is 0.507 e. The molecule has 59 heavy (non-hydrogen) atoms. The van der Waals surface area contributed by atoms with Crippen molar-refractivity contribution in [2.24, 2.45) is 28.8 Å². The van der Waals surface area contributed by atoms with Crippen LogP contribution in [0, 0.1) is 30.6 Å². The van der Waals surface area contributed by atoms with Gasteiger partial charge in [-0.25, -0.2) is 0 Å². The zero-order chi connectivity index (χ0) is 43.7. The number of fused-ring (bicyclic) bond motifs is 14. The van der Waals surface area contributed by atoms with Gasteiger partial charge < -0.3 is 54.7 Å². The van der Waals surface area contributed by atoms with Crippen molar-refractivity contribution in [3.8, 4) is 23.0 Å². The first-order valence-electron chi connectivity index (χ1n) is 19.8. The fourth-order valence-corrected chi connectivity index (χ4v) is 7.92. The molecule has 0 saturated carbocycles. The van der Waals surface area contributed by atoms with Gasteiger partial charge in [-0.2, -0.15) is 5.10 Å². The molecule has 16 heteroatoms. The third-order valence-corrected chi connectivity index (χ3v) is 11.9. The number of anilines is 1. The van der Waals surface area contributed by atoms with Gasteiger partial charge in [0, 0.05) is 87.3 Å². The summed E-state index contributed by atoms with van der Waals surface area (Å²) in [6.07, 6.45) is 4.86. The zero-order valence-electron chi connectivity index (χ0n) is 35.3. The molecule has 1 amide bonds. The van der Waals surface area contributed by atoms with E-state index in [1.807, 2.05) is 7.05 Å². The fourth-order valence-electron chi connectivity index (χ4n) is 7.92. The second-order valence-corrected chi connectivity index (χ2v) is 16.1. The van der Waals surface area contributed by atoms with Crippen LogP contribution in [0.4, 0.5) is 5.69 Å². The van der Waals surface area contributed by atoms with Crippen LogP contribution in [0.25, 0.3) is 10.8 Å². The van der Waals surface area contributed by atoms with Crippen molar-refractivity contribution in [1.82, 2.24) is 9.91 Å². The van der Waals surface area contributed by atoms with Crippen molar-refractivity contribution >= 4 is 40.3 Å². The number of hydrogen-bond donors (Lipinski definition) is 6. The van der Waals surface area contributed by atoms with Crippen molar-refractivity contribution in [1.29, 1.82) is 0 Å². The van der Waals surface area contributed by atoms with Crippen LogP contribution in [0.5, 0.6) is 23.0 Å². The number of nitrogens with zero attached hydrogens (tertiary/aromatic N) is 3. The molecule has 1 saturated heterocycles. The molecule has 6 rings (SSSR count). The number of amides is 1. The average Bonchev–Trinajstić information content (AvgIpc) is 3.46. The average molecular weight is 823 g/mol. The minimum Gasteiger partial charge on any atom is -0.507 e. The van der Waals surface area contributed by atoms with Gasteiger partial charge in [0.15, 0.2) is 5.75 Å². The van der Waals surface area contributed by atoms with E-state index >= 15 is 0 Å². The summed E-state index contributed by atoms with van der Waals surface area (Å²) in [7, 11) is 3.42. The number of ketones is 1. The predicted octanol–water partition coefficient (Wildman–Crippen LogP) is 4.34. The number of benzene rings is 2. The summed E-state index contributed by atoms with van der Waals surface area (Å²) in [6, 6.07) is 0. The maximum absolute atomic E-state index is 14.4. The molecule has 1 fully saturated rings. The number of methoxy groups -OCH3 is 1. The Morgan fingerprint density at radius 1 is 0.949 bits per heavy atom. The lowest BCUT2D eigenvalue weighted by Gasteiger charge is -2.38. The van der Waals surface area contributed by atoms with Gasteiger partial charge >= 0.3 is 11.8 Å². The second kappa shape index (κ2) is 18.0. The number of likely N-dealkylation sites (N-methyl/N-ethyl adjacent to an activating group) is 1. The number of piperazine rings is 1. The van der Waals surface area contributed by atoms with E-state index in [1.54, 1.807) is 44.9 Å². The topological polar surface area (TPSA) is 220 Å². The molecule has 4 aliphatic heterocycles. The van der Waals surface area contributed by atoms with Gasteiger partial charge in [0.05, 0.1) is 53.0 Å². The van der Waals surface area contributed by atoms with E-state index in [0.29, 0.717) is 13.1 Å². The number of esters is 1. The summed E-state index contributed by atoms with van der Waals surface area (Å²) in [5, 5.41) is 66.8. The summed E-state index contributed by atoms with van der Waals surface area (Å²) in [6.45, 7) is 15.1. The number of Topliss-reactive ketones (excluding diaryl/α,β-unsaturated/α-hetero) is 1. The minimum absolute atomic E-state index is 0.0559. The quantitative estimate of drug-likeness (QED) is 0.109. The Bertz CT molecular complexity index is 2070. The highest BCUT2D eigenvalue weighted by atomic mass is 16.7. The van der Waals surface area contributed by atoms with Crippen molar-refractivity contribution < 1.29 is 58.9 Å². The van der Waals surface area contributed by atoms with E-state index in [4.69, 9.17) is 18.9 Å². The molecular weight excluding hydrogens is 764 g/mol. The Balaban J connectivity index is 1.70. The van der Waals surface area contributed by atoms with Crippen LogP contribution < -0.4 is 10.1 Å². The molecule has 0 aromatic heterocycles. The number of nitrogens with one attached hydrogen (secondary N) is 1. The van der Waals surface area contributed by atoms with Crippen LogP contribution in [0.15, 0.2) is 41.2 Å². The molecular formula is C43H58N4O12. The number of allylic oxidation sites excluding steroid dienone is 2. The molecule has 2 aromatic carbocycles. The number of hydrazone groups is 1. The number of carbonyl (C=O) groups excluding carboxylic acids is 3. The van der Waals surface area contributed by atoms with Gasteiger partial charge in [-0.15, -0.1) is 0 Å². The van der Waals surface area contributed by atoms with Crippen LogP contribution in [-0.4, -0.2) is 130 Å². The van der Waals surface area contributed by atoms with E-state index in [-0.39, 0.29) is 44.5 Å². The molecule has 322 valence electrons. The van der Waals surface area contributed by atoms with Gasteiger partial charge in [0.25, 0.3) is 11.7 Å². The predicted molar refractivity (Wildman–Crippen MR) is 220 cm³/mol. The van der Waals surface area contributed by atoms with E-state index in [2.05, 4.69) is 15.3 Å². The molecule has 16 nitrogen and oxygen atoms in total. The van der Waals surface area contributed by atoms with Crippen LogP contribution in [-0.2, 0) is 23.8 Å². The molecule has 0 aliphatic carbocycles. The van der Waals surface area contributed by atoms with Crippen LogP contribution in [0.1, 0.15) is 70.0 Å². The van der Waals surface area contributed by atoms with E-state index in [1.165, 1.54) is 59.4 Å². The summed E-state index contributed by atoms with van der Waals surface area (Å²) >= 11 is 0. The molecule has 9 atom stereocenters. The van der Waals surface area contributed by atoms with Crippen LogP contribution in [0.2, 0.25) is 0 Å². The number of phenolic OH excluding ortho intramolecular Hbond substituents is 3. The molecule has 4 heterocycles. The number of aromatic hydroxyl groups is 3. The lowest BCUT2D eigenvalue weighted by molar-refractivity contribution is -0.160.